The van der Waals surface area contributed by atoms with Gasteiger partial charge in [-0.15, -0.1) is 0 Å². The SMILES string of the molecule is CCc1cc2c(cc1OCc1ccccc1)CCC1C2CCC2(C)C(CCO[Si](c3ccccc3)(c3ccccc3)C(C)(C)C)CCC12. The molecular formula is C45H56O2Si. The summed E-state index contributed by atoms with van der Waals surface area (Å²) in [7, 11) is -2.51. The predicted octanol–water partition coefficient (Wildman–Crippen LogP) is 10.3. The predicted molar refractivity (Wildman–Crippen MR) is 203 cm³/mol. The lowest BCUT2D eigenvalue weighted by atomic mass is 9.54. The summed E-state index contributed by atoms with van der Waals surface area (Å²) in [5.74, 6) is 4.16. The molecular weight excluding hydrogens is 601 g/mol. The highest BCUT2D eigenvalue weighted by Gasteiger charge is 2.55. The van der Waals surface area contributed by atoms with E-state index in [4.69, 9.17) is 9.16 Å². The molecule has 0 amide bonds. The Balaban J connectivity index is 1.07. The van der Waals surface area contributed by atoms with Gasteiger partial charge in [-0.25, -0.2) is 0 Å². The number of ether oxygens (including phenoxy) is 1. The topological polar surface area (TPSA) is 18.5 Å². The maximum atomic E-state index is 7.42. The number of aryl methyl sites for hydroxylation is 2. The fraction of sp³-hybridized carbons (Fsp3) is 0.467. The van der Waals surface area contributed by atoms with E-state index in [1.54, 1.807) is 11.1 Å². The van der Waals surface area contributed by atoms with Gasteiger partial charge in [-0.3, -0.25) is 0 Å². The standard InChI is InChI=1S/C45H56O2Si/c1-6-34-30-41-35(31-43(34)46-32-33-16-10-7-11-17-33)22-24-40-39(41)26-28-45(5)36(23-25-42(40)45)27-29-47-48(44(2,3)4,37-18-12-8-13-19-37)38-20-14-9-15-21-38/h7-21,30-31,36,39-40,42H,6,22-29,32H2,1-5H3. The lowest BCUT2D eigenvalue weighted by molar-refractivity contribution is 0.0216. The minimum absolute atomic E-state index is 0.0230. The molecule has 0 aromatic heterocycles. The zero-order chi connectivity index (χ0) is 33.4. The Morgan fingerprint density at radius 2 is 1.44 bits per heavy atom. The first kappa shape index (κ1) is 33.4. The third kappa shape index (κ3) is 6.00. The van der Waals surface area contributed by atoms with E-state index in [1.807, 2.05) is 0 Å². The molecule has 0 N–H and O–H groups in total. The van der Waals surface area contributed by atoms with Crippen molar-refractivity contribution in [1.29, 1.82) is 0 Å². The van der Waals surface area contributed by atoms with Gasteiger partial charge in [0, 0.05) is 6.61 Å². The van der Waals surface area contributed by atoms with Crippen LogP contribution in [0.25, 0.3) is 0 Å². The second-order valence-electron chi connectivity index (χ2n) is 16.3. The average molecular weight is 657 g/mol. The number of fused-ring (bicyclic) bond motifs is 5. The normalized spacial score (nSPS) is 25.2. The zero-order valence-electron chi connectivity index (χ0n) is 30.0. The summed E-state index contributed by atoms with van der Waals surface area (Å²) in [6.45, 7) is 13.6. The minimum atomic E-state index is -2.51. The molecule has 0 heterocycles. The van der Waals surface area contributed by atoms with Crippen LogP contribution in [0.4, 0.5) is 0 Å². The van der Waals surface area contributed by atoms with Crippen LogP contribution in [0.3, 0.4) is 0 Å². The second kappa shape index (κ2) is 13.6. The third-order valence-electron chi connectivity index (χ3n) is 12.9. The van der Waals surface area contributed by atoms with Crippen LogP contribution in [-0.4, -0.2) is 14.9 Å². The Morgan fingerprint density at radius 1 is 0.792 bits per heavy atom. The van der Waals surface area contributed by atoms with E-state index >= 15 is 0 Å². The van der Waals surface area contributed by atoms with Crippen molar-refractivity contribution in [2.75, 3.05) is 6.61 Å². The molecule has 5 atom stereocenters. The van der Waals surface area contributed by atoms with Crippen molar-refractivity contribution < 1.29 is 9.16 Å². The van der Waals surface area contributed by atoms with Gasteiger partial charge < -0.3 is 9.16 Å². The van der Waals surface area contributed by atoms with Gasteiger partial charge in [0.15, 0.2) is 0 Å². The van der Waals surface area contributed by atoms with Crippen LogP contribution in [0.1, 0.15) is 101 Å². The van der Waals surface area contributed by atoms with Crippen molar-refractivity contribution in [1.82, 2.24) is 0 Å². The van der Waals surface area contributed by atoms with Gasteiger partial charge in [0.05, 0.1) is 0 Å². The Bertz CT molecular complexity index is 1620. The number of benzene rings is 4. The van der Waals surface area contributed by atoms with Crippen molar-refractivity contribution in [3.05, 3.63) is 125 Å². The zero-order valence-corrected chi connectivity index (χ0v) is 31.0. The van der Waals surface area contributed by atoms with Crippen molar-refractivity contribution >= 4 is 18.7 Å². The summed E-state index contributed by atoms with van der Waals surface area (Å²) >= 11 is 0. The number of hydrogen-bond donors (Lipinski definition) is 0. The molecule has 4 aromatic rings. The molecule has 0 aliphatic heterocycles. The highest BCUT2D eigenvalue weighted by molar-refractivity contribution is 6.99. The third-order valence-corrected chi connectivity index (χ3v) is 18.0. The molecule has 48 heavy (non-hydrogen) atoms. The van der Waals surface area contributed by atoms with Crippen LogP contribution >= 0.6 is 0 Å². The van der Waals surface area contributed by atoms with E-state index < -0.39 is 8.32 Å². The van der Waals surface area contributed by atoms with Gasteiger partial charge in [-0.1, -0.05) is 132 Å². The molecule has 3 heteroatoms. The van der Waals surface area contributed by atoms with E-state index in [1.165, 1.54) is 66.4 Å². The van der Waals surface area contributed by atoms with E-state index in [-0.39, 0.29) is 5.04 Å². The first-order valence-electron chi connectivity index (χ1n) is 18.8. The molecule has 0 bridgehead atoms. The van der Waals surface area contributed by atoms with Crippen LogP contribution < -0.4 is 15.1 Å². The lowest BCUT2D eigenvalue weighted by Gasteiger charge is -2.51. The van der Waals surface area contributed by atoms with E-state index in [0.717, 1.165) is 36.5 Å². The molecule has 4 aromatic carbocycles. The van der Waals surface area contributed by atoms with Gasteiger partial charge in [0.1, 0.15) is 12.4 Å². The number of rotatable bonds is 10. The van der Waals surface area contributed by atoms with Crippen molar-refractivity contribution in [2.45, 2.75) is 104 Å². The van der Waals surface area contributed by atoms with E-state index in [2.05, 4.69) is 138 Å². The monoisotopic (exact) mass is 656 g/mol. The largest absolute Gasteiger partial charge is 0.489 e. The summed E-state index contributed by atoms with van der Waals surface area (Å²) < 4.78 is 13.9. The second-order valence-corrected chi connectivity index (χ2v) is 20.6. The van der Waals surface area contributed by atoms with E-state index in [0.29, 0.717) is 17.9 Å². The molecule has 3 aliphatic rings. The van der Waals surface area contributed by atoms with Crippen molar-refractivity contribution in [3.8, 4) is 5.75 Å². The molecule has 7 rings (SSSR count). The summed E-state index contributed by atoms with van der Waals surface area (Å²) in [4.78, 5) is 0. The highest BCUT2D eigenvalue weighted by Crippen LogP contribution is 2.63. The molecule has 0 saturated heterocycles. The van der Waals surface area contributed by atoms with Crippen LogP contribution in [-0.2, 0) is 23.9 Å². The lowest BCUT2D eigenvalue weighted by Crippen LogP contribution is -2.66. The van der Waals surface area contributed by atoms with Gasteiger partial charge in [-0.05, 0) is 124 Å². The maximum Gasteiger partial charge on any atom is 0.261 e. The average Bonchev–Trinajstić information content (AvgIpc) is 3.45. The summed E-state index contributed by atoms with van der Waals surface area (Å²) in [5, 5.41) is 2.80. The van der Waals surface area contributed by atoms with Crippen LogP contribution in [0.2, 0.25) is 5.04 Å². The van der Waals surface area contributed by atoms with Crippen LogP contribution in [0, 0.1) is 23.2 Å². The summed E-state index contributed by atoms with van der Waals surface area (Å²) in [6.07, 6.45) is 10.1. The van der Waals surface area contributed by atoms with Crippen molar-refractivity contribution in [2.24, 2.45) is 23.2 Å². The van der Waals surface area contributed by atoms with Gasteiger partial charge in [0.25, 0.3) is 8.32 Å². The Hall–Kier alpha value is -3.14. The molecule has 2 fully saturated rings. The Labute approximate surface area is 291 Å². The molecule has 2 saturated carbocycles. The highest BCUT2D eigenvalue weighted by atomic mass is 28.4. The molecule has 0 spiro atoms. The smallest absolute Gasteiger partial charge is 0.261 e. The number of hydrogen-bond acceptors (Lipinski definition) is 2. The van der Waals surface area contributed by atoms with Gasteiger partial charge in [0.2, 0.25) is 0 Å². The molecule has 0 radical (unpaired) electrons. The van der Waals surface area contributed by atoms with Crippen LogP contribution in [0.5, 0.6) is 5.75 Å². The first-order chi connectivity index (χ1) is 23.2. The summed E-state index contributed by atoms with van der Waals surface area (Å²) in [5.41, 5.74) is 6.23. The quantitative estimate of drug-likeness (QED) is 0.158. The maximum absolute atomic E-state index is 7.42. The van der Waals surface area contributed by atoms with Crippen LogP contribution in [0.15, 0.2) is 103 Å². The molecule has 252 valence electrons. The Kier molecular flexibility index (Phi) is 9.48. The summed E-state index contributed by atoms with van der Waals surface area (Å²) in [6, 6.07) is 37.9. The molecule has 5 unspecified atom stereocenters. The van der Waals surface area contributed by atoms with Gasteiger partial charge >= 0.3 is 0 Å². The van der Waals surface area contributed by atoms with E-state index in [9.17, 15) is 0 Å². The fourth-order valence-corrected chi connectivity index (χ4v) is 15.1. The minimum Gasteiger partial charge on any atom is -0.489 e. The Morgan fingerprint density at radius 3 is 2.06 bits per heavy atom. The fourth-order valence-electron chi connectivity index (χ4n) is 10.5. The molecule has 3 aliphatic carbocycles. The van der Waals surface area contributed by atoms with Crippen molar-refractivity contribution in [3.63, 3.8) is 0 Å². The molecule has 2 nitrogen and oxygen atoms in total. The first-order valence-corrected chi connectivity index (χ1v) is 20.7. The van der Waals surface area contributed by atoms with Gasteiger partial charge in [-0.2, -0.15) is 0 Å².